The van der Waals surface area contributed by atoms with E-state index in [2.05, 4.69) is 31.3 Å². The van der Waals surface area contributed by atoms with Gasteiger partial charge in [-0.05, 0) is 32.1 Å². The van der Waals surface area contributed by atoms with E-state index in [0.29, 0.717) is 6.42 Å². The second-order valence-corrected chi connectivity index (χ2v) is 18.8. The average Bonchev–Trinajstić information content (AvgIpc) is 3.24. The molecule has 0 fully saturated rings. The molecule has 1 amide bonds. The van der Waals surface area contributed by atoms with Crippen molar-refractivity contribution in [3.63, 3.8) is 0 Å². The number of carbonyl (C=O) groups excluding carboxylic acids is 1. The summed E-state index contributed by atoms with van der Waals surface area (Å²) in [6.45, 7) is 4.23. The van der Waals surface area contributed by atoms with Crippen molar-refractivity contribution in [1.82, 2.24) is 5.32 Å². The van der Waals surface area contributed by atoms with E-state index in [4.69, 9.17) is 0 Å². The molecule has 0 spiro atoms. The van der Waals surface area contributed by atoms with Crippen molar-refractivity contribution in [3.8, 4) is 0 Å². The number of aliphatic hydroxyl groups is 3. The molecule has 3 atom stereocenters. The van der Waals surface area contributed by atoms with E-state index in [1.165, 1.54) is 238 Å². The third-order valence-electron chi connectivity index (χ3n) is 12.7. The van der Waals surface area contributed by atoms with Gasteiger partial charge in [0.05, 0.1) is 31.3 Å². The lowest BCUT2D eigenvalue weighted by molar-refractivity contribution is -0.124. The SMILES string of the molecule is CCCCCCCCCCCC/C=C/CC/C=C/C(O)C(CO)NC(=O)CC(O)CCCCCCCCCCCCCCCCCCCCCCCCCCCCCCC. The van der Waals surface area contributed by atoms with Gasteiger partial charge in [0.15, 0.2) is 0 Å². The third kappa shape index (κ3) is 46.3. The summed E-state index contributed by atoms with van der Waals surface area (Å²) >= 11 is 0. The van der Waals surface area contributed by atoms with Gasteiger partial charge < -0.3 is 20.6 Å². The van der Waals surface area contributed by atoms with Crippen LogP contribution in [0, 0.1) is 0 Å². The topological polar surface area (TPSA) is 89.8 Å². The molecule has 0 rings (SSSR count). The number of hydrogen-bond acceptors (Lipinski definition) is 4. The summed E-state index contributed by atoms with van der Waals surface area (Å²) in [7, 11) is 0. The quantitative estimate of drug-likeness (QED) is 0.0363. The maximum absolute atomic E-state index is 12.5. The summed E-state index contributed by atoms with van der Waals surface area (Å²) in [5.41, 5.74) is 0. The summed E-state index contributed by atoms with van der Waals surface area (Å²) in [6.07, 6.45) is 63.7. The highest BCUT2D eigenvalue weighted by atomic mass is 16.3. The highest BCUT2D eigenvalue weighted by Gasteiger charge is 2.20. The van der Waals surface area contributed by atoms with Crippen LogP contribution in [-0.2, 0) is 4.79 Å². The number of aliphatic hydroxyl groups excluding tert-OH is 3. The van der Waals surface area contributed by atoms with Gasteiger partial charge in [0.25, 0.3) is 0 Å². The predicted octanol–water partition coefficient (Wildman–Crippen LogP) is 16.5. The lowest BCUT2D eigenvalue weighted by Gasteiger charge is -2.21. The Kier molecular flexibility index (Phi) is 49.5. The molecule has 0 heterocycles. The monoisotopic (exact) mass is 846 g/mol. The van der Waals surface area contributed by atoms with E-state index >= 15 is 0 Å². The smallest absolute Gasteiger partial charge is 0.222 e. The van der Waals surface area contributed by atoms with E-state index in [-0.39, 0.29) is 18.9 Å². The predicted molar refractivity (Wildman–Crippen MR) is 264 cm³/mol. The van der Waals surface area contributed by atoms with Crippen LogP contribution in [0.15, 0.2) is 24.3 Å². The molecule has 0 aromatic rings. The largest absolute Gasteiger partial charge is 0.394 e. The average molecular weight is 846 g/mol. The number of allylic oxidation sites excluding steroid dienone is 3. The molecule has 0 saturated heterocycles. The van der Waals surface area contributed by atoms with Crippen LogP contribution in [0.3, 0.4) is 0 Å². The van der Waals surface area contributed by atoms with Crippen LogP contribution >= 0.6 is 0 Å². The van der Waals surface area contributed by atoms with E-state index in [1.54, 1.807) is 6.08 Å². The number of carbonyl (C=O) groups is 1. The van der Waals surface area contributed by atoms with Crippen molar-refractivity contribution in [2.75, 3.05) is 6.61 Å². The van der Waals surface area contributed by atoms with Crippen molar-refractivity contribution in [1.29, 1.82) is 0 Å². The van der Waals surface area contributed by atoms with Crippen LogP contribution in [0.25, 0.3) is 0 Å². The van der Waals surface area contributed by atoms with Gasteiger partial charge in [0.1, 0.15) is 0 Å². The first-order valence-electron chi connectivity index (χ1n) is 27.1. The van der Waals surface area contributed by atoms with Gasteiger partial charge in [0, 0.05) is 0 Å². The van der Waals surface area contributed by atoms with Gasteiger partial charge in [-0.3, -0.25) is 4.79 Å². The lowest BCUT2D eigenvalue weighted by atomic mass is 10.0. The summed E-state index contributed by atoms with van der Waals surface area (Å²) in [5, 5.41) is 33.3. The van der Waals surface area contributed by atoms with Crippen LogP contribution in [0.5, 0.6) is 0 Å². The highest BCUT2D eigenvalue weighted by molar-refractivity contribution is 5.76. The zero-order valence-corrected chi connectivity index (χ0v) is 40.6. The molecule has 5 heteroatoms. The van der Waals surface area contributed by atoms with Gasteiger partial charge in [-0.15, -0.1) is 0 Å². The minimum atomic E-state index is -0.949. The maximum Gasteiger partial charge on any atom is 0.222 e. The fraction of sp³-hybridized carbons (Fsp3) is 0.909. The molecule has 0 radical (unpaired) electrons. The second kappa shape index (κ2) is 50.5. The molecule has 356 valence electrons. The van der Waals surface area contributed by atoms with Gasteiger partial charge in [-0.25, -0.2) is 0 Å². The Morgan fingerprint density at radius 1 is 0.417 bits per heavy atom. The molecule has 0 bridgehead atoms. The molecule has 60 heavy (non-hydrogen) atoms. The first-order chi connectivity index (χ1) is 29.5. The molecular weight excluding hydrogens is 739 g/mol. The van der Waals surface area contributed by atoms with Crippen molar-refractivity contribution in [2.24, 2.45) is 0 Å². The maximum atomic E-state index is 12.5. The highest BCUT2D eigenvalue weighted by Crippen LogP contribution is 2.18. The Bertz CT molecular complexity index is 890. The molecule has 3 unspecified atom stereocenters. The van der Waals surface area contributed by atoms with Gasteiger partial charge >= 0.3 is 0 Å². The van der Waals surface area contributed by atoms with Gasteiger partial charge in [-0.1, -0.05) is 282 Å². The lowest BCUT2D eigenvalue weighted by Crippen LogP contribution is -2.45. The molecule has 4 N–H and O–H groups in total. The second-order valence-electron chi connectivity index (χ2n) is 18.8. The zero-order chi connectivity index (χ0) is 43.7. The molecule has 0 aliphatic rings. The van der Waals surface area contributed by atoms with Crippen molar-refractivity contribution in [3.05, 3.63) is 24.3 Å². The molecule has 0 aliphatic carbocycles. The molecule has 0 saturated carbocycles. The molecule has 5 nitrogen and oxygen atoms in total. The zero-order valence-electron chi connectivity index (χ0n) is 40.6. The number of unbranched alkanes of at least 4 members (excludes halogenated alkanes) is 39. The van der Waals surface area contributed by atoms with Crippen LogP contribution in [-0.4, -0.2) is 46.1 Å². The minimum Gasteiger partial charge on any atom is -0.394 e. The molecule has 0 aromatic carbocycles. The number of hydrogen-bond donors (Lipinski definition) is 4. The van der Waals surface area contributed by atoms with Crippen LogP contribution < -0.4 is 5.32 Å². The van der Waals surface area contributed by atoms with Crippen LogP contribution in [0.1, 0.15) is 296 Å². The van der Waals surface area contributed by atoms with Crippen LogP contribution in [0.4, 0.5) is 0 Å². The van der Waals surface area contributed by atoms with E-state index in [9.17, 15) is 20.1 Å². The molecular formula is C55H107NO4. The number of nitrogens with one attached hydrogen (secondary N) is 1. The van der Waals surface area contributed by atoms with Crippen molar-refractivity contribution in [2.45, 2.75) is 315 Å². The Hall–Kier alpha value is -1.17. The standard InChI is InChI=1S/C55H107NO4/c1-3-5-7-9-11-13-15-17-19-21-22-23-24-25-26-27-28-29-30-31-32-33-34-36-38-40-42-44-46-48-52(58)50-55(60)56-53(51-57)54(59)49-47-45-43-41-39-37-35-20-18-16-14-12-10-8-6-4-2/h39,41,47,49,52-54,57-59H,3-38,40,42-46,48,50-51H2,1-2H3,(H,56,60)/b41-39+,49-47+. The minimum absolute atomic E-state index is 0.0102. The summed E-state index contributed by atoms with van der Waals surface area (Å²) < 4.78 is 0. The summed E-state index contributed by atoms with van der Waals surface area (Å²) in [4.78, 5) is 12.5. The number of amides is 1. The number of rotatable bonds is 50. The normalized spacial score (nSPS) is 13.5. The Balaban J connectivity index is 3.53. The van der Waals surface area contributed by atoms with Gasteiger partial charge in [-0.2, -0.15) is 0 Å². The van der Waals surface area contributed by atoms with Crippen LogP contribution in [0.2, 0.25) is 0 Å². The first kappa shape index (κ1) is 58.8. The summed E-state index contributed by atoms with van der Waals surface area (Å²) in [5.74, 6) is -0.320. The first-order valence-corrected chi connectivity index (χ1v) is 27.1. The Labute approximate surface area is 375 Å². The van der Waals surface area contributed by atoms with Crippen molar-refractivity contribution < 1.29 is 20.1 Å². The fourth-order valence-electron chi connectivity index (χ4n) is 8.59. The van der Waals surface area contributed by atoms with Gasteiger partial charge in [0.2, 0.25) is 5.91 Å². The fourth-order valence-corrected chi connectivity index (χ4v) is 8.59. The van der Waals surface area contributed by atoms with E-state index in [1.807, 2.05) is 6.08 Å². The molecule has 0 aromatic heterocycles. The van der Waals surface area contributed by atoms with E-state index in [0.717, 1.165) is 32.1 Å². The van der Waals surface area contributed by atoms with E-state index < -0.39 is 18.2 Å². The van der Waals surface area contributed by atoms with Crippen molar-refractivity contribution >= 4 is 5.91 Å². The third-order valence-corrected chi connectivity index (χ3v) is 12.7. The Morgan fingerprint density at radius 3 is 1.07 bits per heavy atom. The molecule has 0 aliphatic heterocycles. The Morgan fingerprint density at radius 2 is 0.717 bits per heavy atom. The summed E-state index contributed by atoms with van der Waals surface area (Å²) in [6, 6.07) is -0.758.